The fraction of sp³-hybridized carbons (Fsp3) is 0.278. The minimum absolute atomic E-state index is 0.224. The Bertz CT molecular complexity index is 855. The summed E-state index contributed by atoms with van der Waals surface area (Å²) in [6.07, 6.45) is 4.25. The molecule has 0 bridgehead atoms. The quantitative estimate of drug-likeness (QED) is 0.753. The van der Waals surface area contributed by atoms with Crippen molar-refractivity contribution in [2.24, 2.45) is 0 Å². The smallest absolute Gasteiger partial charge is 0.139 e. The lowest BCUT2D eigenvalue weighted by atomic mass is 10.1. The molecule has 1 aliphatic rings. The fourth-order valence-electron chi connectivity index (χ4n) is 3.02. The third-order valence-corrected chi connectivity index (χ3v) is 4.47. The summed E-state index contributed by atoms with van der Waals surface area (Å²) in [6, 6.07) is 10.8. The molecule has 1 atom stereocenters. The van der Waals surface area contributed by atoms with Gasteiger partial charge in [-0.15, -0.1) is 0 Å². The molecule has 1 aromatic carbocycles. The van der Waals surface area contributed by atoms with Gasteiger partial charge in [0.15, 0.2) is 0 Å². The van der Waals surface area contributed by atoms with Crippen LogP contribution in [0, 0.1) is 0 Å². The van der Waals surface area contributed by atoms with Crippen molar-refractivity contribution < 1.29 is 9.84 Å². The molecule has 3 heterocycles. The van der Waals surface area contributed by atoms with E-state index in [1.54, 1.807) is 12.1 Å². The second kappa shape index (κ2) is 6.34. The molecule has 6 heteroatoms. The number of imidazole rings is 1. The van der Waals surface area contributed by atoms with Gasteiger partial charge in [0.05, 0.1) is 11.1 Å². The first-order valence-corrected chi connectivity index (χ1v) is 8.41. The number of nitrogens with zero attached hydrogens (tertiary/aromatic N) is 2. The number of nitrogens with one attached hydrogen (secondary N) is 1. The summed E-state index contributed by atoms with van der Waals surface area (Å²) in [5, 5.41) is 13.6. The van der Waals surface area contributed by atoms with Crippen LogP contribution in [0.1, 0.15) is 12.8 Å². The monoisotopic (exact) mass is 343 g/mol. The minimum atomic E-state index is 0.224. The maximum Gasteiger partial charge on any atom is 0.139 e. The standard InChI is InChI=1S/C18H18ClN3O2/c19-13-5-8-16-21-17(12-3-6-14(23)7-4-12)18(22(16)11-13)20-10-15-2-1-9-24-15/h3-8,11,15,20,23H,1-2,9-10H2. The summed E-state index contributed by atoms with van der Waals surface area (Å²) in [6.45, 7) is 1.56. The third-order valence-electron chi connectivity index (χ3n) is 4.24. The van der Waals surface area contributed by atoms with Crippen molar-refractivity contribution in [2.75, 3.05) is 18.5 Å². The van der Waals surface area contributed by atoms with Crippen LogP contribution in [0.4, 0.5) is 5.82 Å². The highest BCUT2D eigenvalue weighted by atomic mass is 35.5. The highest BCUT2D eigenvalue weighted by Gasteiger charge is 2.19. The van der Waals surface area contributed by atoms with Gasteiger partial charge in [0, 0.05) is 24.9 Å². The Kier molecular flexibility index (Phi) is 4.04. The second-order valence-corrected chi connectivity index (χ2v) is 6.38. The van der Waals surface area contributed by atoms with Crippen LogP contribution in [0.3, 0.4) is 0 Å². The molecule has 3 aromatic rings. The molecule has 1 aliphatic heterocycles. The first-order chi connectivity index (χ1) is 11.7. The summed E-state index contributed by atoms with van der Waals surface area (Å²) >= 11 is 6.16. The largest absolute Gasteiger partial charge is 0.508 e. The number of fused-ring (bicyclic) bond motifs is 1. The van der Waals surface area contributed by atoms with Crippen molar-refractivity contribution in [3.05, 3.63) is 47.6 Å². The van der Waals surface area contributed by atoms with Gasteiger partial charge in [-0.25, -0.2) is 4.98 Å². The number of aromatic nitrogens is 2. The number of aromatic hydroxyl groups is 1. The predicted octanol–water partition coefficient (Wildman–Crippen LogP) is 3.95. The van der Waals surface area contributed by atoms with Gasteiger partial charge >= 0.3 is 0 Å². The molecule has 0 amide bonds. The molecule has 1 fully saturated rings. The topological polar surface area (TPSA) is 58.8 Å². The van der Waals surface area contributed by atoms with Crippen molar-refractivity contribution >= 4 is 23.1 Å². The van der Waals surface area contributed by atoms with Gasteiger partial charge in [0.25, 0.3) is 0 Å². The molecule has 4 rings (SSSR count). The van der Waals surface area contributed by atoms with Crippen molar-refractivity contribution in [1.82, 2.24) is 9.38 Å². The molecule has 2 aromatic heterocycles. The van der Waals surface area contributed by atoms with E-state index in [0.717, 1.165) is 48.7 Å². The van der Waals surface area contributed by atoms with E-state index >= 15 is 0 Å². The Balaban J connectivity index is 1.75. The Hall–Kier alpha value is -2.24. The summed E-state index contributed by atoms with van der Waals surface area (Å²) < 4.78 is 7.65. The van der Waals surface area contributed by atoms with Crippen LogP contribution in [-0.4, -0.2) is 33.7 Å². The van der Waals surface area contributed by atoms with Crippen molar-refractivity contribution in [3.63, 3.8) is 0 Å². The summed E-state index contributed by atoms with van der Waals surface area (Å²) in [5.74, 6) is 1.12. The van der Waals surface area contributed by atoms with Crippen molar-refractivity contribution in [3.8, 4) is 17.0 Å². The van der Waals surface area contributed by atoms with Gasteiger partial charge in [-0.3, -0.25) is 4.40 Å². The van der Waals surface area contributed by atoms with Crippen LogP contribution in [0.5, 0.6) is 5.75 Å². The molecule has 2 N–H and O–H groups in total. The fourth-order valence-corrected chi connectivity index (χ4v) is 3.18. The lowest BCUT2D eigenvalue weighted by molar-refractivity contribution is 0.120. The molecule has 124 valence electrons. The lowest BCUT2D eigenvalue weighted by Crippen LogP contribution is -2.19. The average Bonchev–Trinajstić information content (AvgIpc) is 3.21. The molecular weight excluding hydrogens is 326 g/mol. The van der Waals surface area contributed by atoms with E-state index in [1.807, 2.05) is 34.9 Å². The summed E-state index contributed by atoms with van der Waals surface area (Å²) in [5.41, 5.74) is 2.58. The van der Waals surface area contributed by atoms with E-state index in [-0.39, 0.29) is 11.9 Å². The van der Waals surface area contributed by atoms with Crippen LogP contribution < -0.4 is 5.32 Å². The Morgan fingerprint density at radius 1 is 1.25 bits per heavy atom. The highest BCUT2D eigenvalue weighted by Crippen LogP contribution is 2.31. The summed E-state index contributed by atoms with van der Waals surface area (Å²) in [4.78, 5) is 4.72. The van der Waals surface area contributed by atoms with Gasteiger partial charge in [-0.05, 0) is 49.2 Å². The van der Waals surface area contributed by atoms with Crippen molar-refractivity contribution in [1.29, 1.82) is 0 Å². The first kappa shape index (κ1) is 15.3. The molecule has 0 spiro atoms. The zero-order valence-corrected chi connectivity index (χ0v) is 13.8. The Morgan fingerprint density at radius 3 is 2.83 bits per heavy atom. The van der Waals surface area contributed by atoms with Gasteiger partial charge in [-0.1, -0.05) is 11.6 Å². The van der Waals surface area contributed by atoms with Crippen LogP contribution in [0.15, 0.2) is 42.6 Å². The molecule has 0 aliphatic carbocycles. The second-order valence-electron chi connectivity index (χ2n) is 5.95. The maximum absolute atomic E-state index is 9.52. The molecule has 0 radical (unpaired) electrons. The normalized spacial score (nSPS) is 17.5. The van der Waals surface area contributed by atoms with Crippen molar-refractivity contribution in [2.45, 2.75) is 18.9 Å². The Labute approximate surface area is 144 Å². The number of phenolic OH excluding ortho intramolecular Hbond substituents is 1. The van der Waals surface area contributed by atoms with Gasteiger partial charge in [-0.2, -0.15) is 0 Å². The lowest BCUT2D eigenvalue weighted by Gasteiger charge is -2.13. The van der Waals surface area contributed by atoms with E-state index in [4.69, 9.17) is 21.3 Å². The minimum Gasteiger partial charge on any atom is -0.508 e. The number of phenols is 1. The number of pyridine rings is 1. The Morgan fingerprint density at radius 2 is 2.08 bits per heavy atom. The molecule has 24 heavy (non-hydrogen) atoms. The number of hydrogen-bond acceptors (Lipinski definition) is 4. The van der Waals surface area contributed by atoms with E-state index in [9.17, 15) is 5.11 Å². The van der Waals surface area contributed by atoms with E-state index in [0.29, 0.717) is 5.02 Å². The molecule has 1 unspecified atom stereocenters. The molecule has 1 saturated heterocycles. The van der Waals surface area contributed by atoms with Gasteiger partial charge in [0.1, 0.15) is 22.9 Å². The van der Waals surface area contributed by atoms with Gasteiger partial charge in [0.2, 0.25) is 0 Å². The van der Waals surface area contributed by atoms with Crippen LogP contribution in [0.2, 0.25) is 5.02 Å². The predicted molar refractivity (Wildman–Crippen MR) is 94.8 cm³/mol. The molecule has 0 saturated carbocycles. The number of hydrogen-bond donors (Lipinski definition) is 2. The maximum atomic E-state index is 9.52. The van der Waals surface area contributed by atoms with Gasteiger partial charge < -0.3 is 15.2 Å². The highest BCUT2D eigenvalue weighted by molar-refractivity contribution is 6.30. The zero-order chi connectivity index (χ0) is 16.5. The molecule has 5 nitrogen and oxygen atoms in total. The van der Waals surface area contributed by atoms with E-state index in [1.165, 1.54) is 0 Å². The SMILES string of the molecule is Oc1ccc(-c2nc3ccc(Cl)cn3c2NCC2CCCO2)cc1. The summed E-state index contributed by atoms with van der Waals surface area (Å²) in [7, 11) is 0. The van der Waals surface area contributed by atoms with Crippen LogP contribution in [0.25, 0.3) is 16.9 Å². The van der Waals surface area contributed by atoms with Crippen LogP contribution >= 0.6 is 11.6 Å². The number of benzene rings is 1. The zero-order valence-electron chi connectivity index (χ0n) is 13.1. The molecular formula is C18H18ClN3O2. The third kappa shape index (κ3) is 2.92. The average molecular weight is 344 g/mol. The van der Waals surface area contributed by atoms with E-state index < -0.39 is 0 Å². The van der Waals surface area contributed by atoms with Crippen LogP contribution in [-0.2, 0) is 4.74 Å². The first-order valence-electron chi connectivity index (χ1n) is 8.03. The van der Waals surface area contributed by atoms with E-state index in [2.05, 4.69) is 5.32 Å². The number of ether oxygens (including phenoxy) is 1. The number of anilines is 1. The number of halogens is 1. The number of rotatable bonds is 4.